The first-order chi connectivity index (χ1) is 12.6. The number of carbonyl (C=O) groups is 2. The van der Waals surface area contributed by atoms with Gasteiger partial charge in [0.25, 0.3) is 5.91 Å². The number of ketones is 1. The number of rotatable bonds is 6. The van der Waals surface area contributed by atoms with Crippen molar-refractivity contribution in [3.05, 3.63) is 78.0 Å². The van der Waals surface area contributed by atoms with E-state index in [1.54, 1.807) is 36.7 Å². The molecule has 1 amide bonds. The van der Waals surface area contributed by atoms with Gasteiger partial charge in [-0.2, -0.15) is 0 Å². The second-order valence-corrected chi connectivity index (χ2v) is 5.59. The maximum absolute atomic E-state index is 12.3. The third-order valence-electron chi connectivity index (χ3n) is 3.62. The van der Waals surface area contributed by atoms with Crippen LogP contribution in [-0.2, 0) is 6.54 Å². The van der Waals surface area contributed by atoms with Crippen molar-refractivity contribution in [2.75, 3.05) is 5.32 Å². The van der Waals surface area contributed by atoms with E-state index in [0.29, 0.717) is 23.6 Å². The quantitative estimate of drug-likeness (QED) is 0.666. The van der Waals surface area contributed by atoms with Gasteiger partial charge in [0.1, 0.15) is 17.8 Å². The second-order valence-electron chi connectivity index (χ2n) is 5.59. The first kappa shape index (κ1) is 17.2. The molecule has 0 saturated carbocycles. The highest BCUT2D eigenvalue weighted by molar-refractivity contribution is 5.95. The van der Waals surface area contributed by atoms with E-state index in [-0.39, 0.29) is 17.4 Å². The molecule has 7 heteroatoms. The van der Waals surface area contributed by atoms with E-state index < -0.39 is 0 Å². The molecular weight excluding hydrogens is 330 g/mol. The zero-order valence-electron chi connectivity index (χ0n) is 14.1. The van der Waals surface area contributed by atoms with Crippen molar-refractivity contribution in [1.82, 2.24) is 20.3 Å². The number of carbonyl (C=O) groups excluding carboxylic acids is 2. The van der Waals surface area contributed by atoms with E-state index in [1.165, 1.54) is 13.3 Å². The third-order valence-corrected chi connectivity index (χ3v) is 3.62. The van der Waals surface area contributed by atoms with E-state index in [4.69, 9.17) is 0 Å². The molecule has 0 radical (unpaired) electrons. The van der Waals surface area contributed by atoms with Crippen molar-refractivity contribution >= 4 is 23.2 Å². The number of anilines is 2. The molecule has 2 heterocycles. The number of pyridine rings is 1. The summed E-state index contributed by atoms with van der Waals surface area (Å²) in [6.07, 6.45) is 4.68. The van der Waals surface area contributed by atoms with Crippen LogP contribution in [0, 0.1) is 0 Å². The fourth-order valence-electron chi connectivity index (χ4n) is 2.29. The number of amides is 1. The largest absolute Gasteiger partial charge is 0.347 e. The lowest BCUT2D eigenvalue weighted by Gasteiger charge is -2.08. The summed E-state index contributed by atoms with van der Waals surface area (Å²) in [7, 11) is 0. The van der Waals surface area contributed by atoms with Crippen LogP contribution in [0.15, 0.2) is 61.2 Å². The predicted molar refractivity (Wildman–Crippen MR) is 97.2 cm³/mol. The van der Waals surface area contributed by atoms with Crippen LogP contribution in [0.4, 0.5) is 11.5 Å². The van der Waals surface area contributed by atoms with Crippen molar-refractivity contribution in [2.45, 2.75) is 13.5 Å². The third kappa shape index (κ3) is 4.47. The van der Waals surface area contributed by atoms with Gasteiger partial charge in [-0.1, -0.05) is 18.2 Å². The fraction of sp³-hybridized carbons (Fsp3) is 0.105. The molecular formula is C19H17N5O2. The molecule has 130 valence electrons. The zero-order valence-corrected chi connectivity index (χ0v) is 14.1. The van der Waals surface area contributed by atoms with Gasteiger partial charge in [0.2, 0.25) is 0 Å². The fourth-order valence-corrected chi connectivity index (χ4v) is 2.29. The van der Waals surface area contributed by atoms with Gasteiger partial charge < -0.3 is 10.6 Å². The summed E-state index contributed by atoms with van der Waals surface area (Å²) < 4.78 is 0. The monoisotopic (exact) mass is 347 g/mol. The Balaban J connectivity index is 1.68. The molecule has 3 rings (SSSR count). The Labute approximate surface area is 150 Å². The topological polar surface area (TPSA) is 96.9 Å². The molecule has 0 aliphatic carbocycles. The van der Waals surface area contributed by atoms with E-state index in [2.05, 4.69) is 25.6 Å². The average Bonchev–Trinajstić information content (AvgIpc) is 2.67. The Bertz CT molecular complexity index is 928. The van der Waals surface area contributed by atoms with Crippen LogP contribution in [0.1, 0.15) is 33.3 Å². The Morgan fingerprint density at radius 1 is 1.08 bits per heavy atom. The standard InChI is InChI=1S/C19H17N5O2/c1-13(25)15-5-2-6-16(8-15)24-18-9-17(22-12-23-18)19(26)21-11-14-4-3-7-20-10-14/h2-10,12H,11H2,1H3,(H,21,26)(H,22,23,24). The van der Waals surface area contributed by atoms with E-state index in [9.17, 15) is 9.59 Å². The van der Waals surface area contributed by atoms with Gasteiger partial charge in [-0.05, 0) is 30.7 Å². The van der Waals surface area contributed by atoms with Gasteiger partial charge in [0, 0.05) is 36.3 Å². The van der Waals surface area contributed by atoms with Crippen LogP contribution in [0.3, 0.4) is 0 Å². The first-order valence-corrected chi connectivity index (χ1v) is 7.99. The van der Waals surface area contributed by atoms with Gasteiger partial charge in [-0.25, -0.2) is 9.97 Å². The number of nitrogens with one attached hydrogen (secondary N) is 2. The van der Waals surface area contributed by atoms with Gasteiger partial charge in [0.15, 0.2) is 5.78 Å². The molecule has 3 aromatic rings. The molecule has 0 aliphatic rings. The summed E-state index contributed by atoms with van der Waals surface area (Å²) in [5.74, 6) is 0.135. The molecule has 0 saturated heterocycles. The van der Waals surface area contributed by atoms with Crippen LogP contribution in [0.5, 0.6) is 0 Å². The highest BCUT2D eigenvalue weighted by Gasteiger charge is 2.09. The number of benzene rings is 1. The minimum Gasteiger partial charge on any atom is -0.347 e. The molecule has 0 aliphatic heterocycles. The number of nitrogens with zero attached hydrogens (tertiary/aromatic N) is 3. The van der Waals surface area contributed by atoms with E-state index in [0.717, 1.165) is 5.56 Å². The summed E-state index contributed by atoms with van der Waals surface area (Å²) in [6.45, 7) is 1.87. The van der Waals surface area contributed by atoms with Crippen LogP contribution in [0.25, 0.3) is 0 Å². The molecule has 2 aromatic heterocycles. The van der Waals surface area contributed by atoms with Crippen LogP contribution < -0.4 is 10.6 Å². The maximum Gasteiger partial charge on any atom is 0.270 e. The molecule has 26 heavy (non-hydrogen) atoms. The summed E-state index contributed by atoms with van der Waals surface area (Å²) in [6, 6.07) is 12.3. The van der Waals surface area contributed by atoms with Gasteiger partial charge in [-0.3, -0.25) is 14.6 Å². The molecule has 7 nitrogen and oxygen atoms in total. The average molecular weight is 347 g/mol. The van der Waals surface area contributed by atoms with E-state index >= 15 is 0 Å². The Morgan fingerprint density at radius 2 is 1.96 bits per heavy atom. The minimum atomic E-state index is -0.309. The van der Waals surface area contributed by atoms with Crippen molar-refractivity contribution in [2.24, 2.45) is 0 Å². The molecule has 0 bridgehead atoms. The molecule has 2 N–H and O–H groups in total. The zero-order chi connectivity index (χ0) is 18.4. The highest BCUT2D eigenvalue weighted by Crippen LogP contribution is 2.16. The number of aromatic nitrogens is 3. The maximum atomic E-state index is 12.3. The second kappa shape index (κ2) is 7.98. The van der Waals surface area contributed by atoms with Gasteiger partial charge in [0.05, 0.1) is 0 Å². The Hall–Kier alpha value is -3.61. The number of Topliss-reactive ketones (excluding diaryl/α,β-unsaturated/α-hetero) is 1. The van der Waals surface area contributed by atoms with Crippen LogP contribution in [-0.4, -0.2) is 26.6 Å². The Kier molecular flexibility index (Phi) is 5.28. The van der Waals surface area contributed by atoms with Crippen molar-refractivity contribution in [1.29, 1.82) is 0 Å². The summed E-state index contributed by atoms with van der Waals surface area (Å²) in [5, 5.41) is 5.86. The Morgan fingerprint density at radius 3 is 2.73 bits per heavy atom. The normalized spacial score (nSPS) is 10.2. The summed E-state index contributed by atoms with van der Waals surface area (Å²) >= 11 is 0. The predicted octanol–water partition coefficient (Wildman–Crippen LogP) is 2.75. The molecule has 0 fully saturated rings. The smallest absolute Gasteiger partial charge is 0.270 e. The van der Waals surface area contributed by atoms with Crippen LogP contribution in [0.2, 0.25) is 0 Å². The minimum absolute atomic E-state index is 0.0215. The van der Waals surface area contributed by atoms with E-state index in [1.807, 2.05) is 18.2 Å². The lowest BCUT2D eigenvalue weighted by molar-refractivity contribution is 0.0945. The molecule has 0 atom stereocenters. The molecule has 0 spiro atoms. The molecule has 1 aromatic carbocycles. The first-order valence-electron chi connectivity index (χ1n) is 7.99. The lowest BCUT2D eigenvalue weighted by Crippen LogP contribution is -2.24. The van der Waals surface area contributed by atoms with Crippen LogP contribution >= 0.6 is 0 Å². The highest BCUT2D eigenvalue weighted by atomic mass is 16.1. The number of hydrogen-bond donors (Lipinski definition) is 2. The number of hydrogen-bond acceptors (Lipinski definition) is 6. The summed E-state index contributed by atoms with van der Waals surface area (Å²) in [5.41, 5.74) is 2.44. The summed E-state index contributed by atoms with van der Waals surface area (Å²) in [4.78, 5) is 35.9. The van der Waals surface area contributed by atoms with Crippen molar-refractivity contribution in [3.8, 4) is 0 Å². The van der Waals surface area contributed by atoms with Crippen molar-refractivity contribution in [3.63, 3.8) is 0 Å². The lowest BCUT2D eigenvalue weighted by atomic mass is 10.1. The SMILES string of the molecule is CC(=O)c1cccc(Nc2cc(C(=O)NCc3cccnc3)ncn2)c1. The van der Waals surface area contributed by atoms with Gasteiger partial charge in [-0.15, -0.1) is 0 Å². The van der Waals surface area contributed by atoms with Gasteiger partial charge >= 0.3 is 0 Å². The molecule has 0 unspecified atom stereocenters. The van der Waals surface area contributed by atoms with Crippen molar-refractivity contribution < 1.29 is 9.59 Å².